The van der Waals surface area contributed by atoms with Crippen molar-refractivity contribution in [2.24, 2.45) is 0 Å². The minimum atomic E-state index is -3.68. The largest absolute Gasteiger partial charge is 0.586 e. The summed E-state index contributed by atoms with van der Waals surface area (Å²) in [5, 5.41) is 10.4. The van der Waals surface area contributed by atoms with Gasteiger partial charge in [0.2, 0.25) is 5.91 Å². The molecule has 0 unspecified atom stereocenters. The highest BCUT2D eigenvalue weighted by Gasteiger charge is 2.43. The normalized spacial score (nSPS) is 14.7. The molecule has 25 heavy (non-hydrogen) atoms. The van der Waals surface area contributed by atoms with Gasteiger partial charge in [0.1, 0.15) is 0 Å². The highest BCUT2D eigenvalue weighted by Crippen LogP contribution is 2.41. The molecule has 0 atom stereocenters. The van der Waals surface area contributed by atoms with Crippen LogP contribution in [0.1, 0.15) is 5.56 Å². The Morgan fingerprint density at radius 2 is 2.00 bits per heavy atom. The molecule has 4 rings (SSSR count). The Labute approximate surface area is 148 Å². The van der Waals surface area contributed by atoms with Gasteiger partial charge in [-0.25, -0.2) is 0 Å². The molecule has 1 amide bonds. The molecule has 0 spiro atoms. The second-order valence-electron chi connectivity index (χ2n) is 5.44. The number of carbonyl (C=O) groups excluding carboxylic acids is 1. The average Bonchev–Trinajstić information content (AvgIpc) is 3.05. The van der Waals surface area contributed by atoms with E-state index >= 15 is 0 Å². The zero-order valence-corrected chi connectivity index (χ0v) is 14.1. The van der Waals surface area contributed by atoms with Crippen LogP contribution in [0.15, 0.2) is 40.9 Å². The van der Waals surface area contributed by atoms with Crippen molar-refractivity contribution in [3.63, 3.8) is 0 Å². The lowest BCUT2D eigenvalue weighted by molar-refractivity contribution is -0.286. The maximum absolute atomic E-state index is 13.0. The lowest BCUT2D eigenvalue weighted by atomic mass is 10.1. The van der Waals surface area contributed by atoms with Crippen molar-refractivity contribution < 1.29 is 23.0 Å². The van der Waals surface area contributed by atoms with Gasteiger partial charge in [-0.2, -0.15) is 5.10 Å². The second-order valence-corrected chi connectivity index (χ2v) is 6.35. The Balaban J connectivity index is 1.49. The number of aromatic amines is 1. The first-order valence-electron chi connectivity index (χ1n) is 7.22. The number of halogens is 3. The second kappa shape index (κ2) is 5.69. The summed E-state index contributed by atoms with van der Waals surface area (Å²) in [5.74, 6) is -0.0786. The molecule has 0 bridgehead atoms. The lowest BCUT2D eigenvalue weighted by Crippen LogP contribution is -2.25. The molecular weight excluding hydrogens is 400 g/mol. The van der Waals surface area contributed by atoms with Gasteiger partial charge in [-0.05, 0) is 35.9 Å². The van der Waals surface area contributed by atoms with Crippen LogP contribution in [-0.2, 0) is 11.2 Å². The van der Waals surface area contributed by atoms with Crippen molar-refractivity contribution in [3.8, 4) is 11.5 Å². The number of rotatable bonds is 3. The molecular formula is C16H10BrF2N3O3. The summed E-state index contributed by atoms with van der Waals surface area (Å²) < 4.78 is 35.6. The van der Waals surface area contributed by atoms with E-state index in [1.54, 1.807) is 0 Å². The van der Waals surface area contributed by atoms with E-state index in [0.717, 1.165) is 15.4 Å². The Bertz CT molecular complexity index is 990. The molecule has 2 N–H and O–H groups in total. The molecule has 0 fully saturated rings. The summed E-state index contributed by atoms with van der Waals surface area (Å²) in [6.45, 7) is 0. The van der Waals surface area contributed by atoms with E-state index < -0.39 is 6.29 Å². The van der Waals surface area contributed by atoms with E-state index in [0.29, 0.717) is 11.4 Å². The number of nitrogens with one attached hydrogen (secondary N) is 2. The SMILES string of the molecule is O=C(Cc1ccc2c(c1)OC(F)(F)O2)Nc1n[nH]c2cc(Br)ccc12. The first-order chi connectivity index (χ1) is 11.9. The topological polar surface area (TPSA) is 76.2 Å². The molecule has 0 saturated carbocycles. The average molecular weight is 410 g/mol. The summed E-state index contributed by atoms with van der Waals surface area (Å²) in [4.78, 5) is 12.2. The number of nitrogens with zero attached hydrogens (tertiary/aromatic N) is 1. The molecule has 0 radical (unpaired) electrons. The molecule has 6 nitrogen and oxygen atoms in total. The molecule has 0 saturated heterocycles. The Kier molecular flexibility index (Phi) is 3.60. The number of hydrogen-bond acceptors (Lipinski definition) is 4. The summed E-state index contributed by atoms with van der Waals surface area (Å²) in [5.41, 5.74) is 1.29. The standard InChI is InChI=1S/C16H10BrF2N3O3/c17-9-2-3-10-11(7-9)21-22-15(10)20-14(23)6-8-1-4-12-13(5-8)25-16(18,19)24-12/h1-5,7H,6H2,(H2,20,21,22,23). The number of ether oxygens (including phenoxy) is 2. The van der Waals surface area contributed by atoms with Crippen molar-refractivity contribution in [1.29, 1.82) is 0 Å². The molecule has 1 aromatic heterocycles. The van der Waals surface area contributed by atoms with Crippen molar-refractivity contribution in [2.45, 2.75) is 12.7 Å². The number of amides is 1. The first-order valence-corrected chi connectivity index (χ1v) is 8.01. The van der Waals surface area contributed by atoms with Gasteiger partial charge in [-0.1, -0.05) is 22.0 Å². The minimum absolute atomic E-state index is 0.0207. The van der Waals surface area contributed by atoms with Crippen LogP contribution in [-0.4, -0.2) is 22.4 Å². The van der Waals surface area contributed by atoms with Crippen molar-refractivity contribution in [2.75, 3.05) is 5.32 Å². The van der Waals surface area contributed by atoms with Crippen LogP contribution >= 0.6 is 15.9 Å². The highest BCUT2D eigenvalue weighted by molar-refractivity contribution is 9.10. The Hall–Kier alpha value is -2.68. The van der Waals surface area contributed by atoms with E-state index in [4.69, 9.17) is 0 Å². The third-order valence-electron chi connectivity index (χ3n) is 3.61. The summed E-state index contributed by atoms with van der Waals surface area (Å²) >= 11 is 3.36. The van der Waals surface area contributed by atoms with Gasteiger partial charge in [0.25, 0.3) is 0 Å². The molecule has 128 valence electrons. The number of hydrogen-bond donors (Lipinski definition) is 2. The van der Waals surface area contributed by atoms with Crippen LogP contribution in [0.4, 0.5) is 14.6 Å². The van der Waals surface area contributed by atoms with E-state index in [-0.39, 0.29) is 23.8 Å². The third-order valence-corrected chi connectivity index (χ3v) is 4.11. The molecule has 1 aliphatic rings. The van der Waals surface area contributed by atoms with Crippen LogP contribution in [0.2, 0.25) is 0 Å². The number of H-pyrrole nitrogens is 1. The molecule has 2 heterocycles. The van der Waals surface area contributed by atoms with Crippen molar-refractivity contribution in [1.82, 2.24) is 10.2 Å². The Morgan fingerprint density at radius 3 is 2.84 bits per heavy atom. The molecule has 1 aliphatic heterocycles. The number of aromatic nitrogens is 2. The predicted octanol–water partition coefficient (Wildman–Crippen LogP) is 3.83. The third kappa shape index (κ3) is 3.14. The van der Waals surface area contributed by atoms with Crippen LogP contribution in [0.3, 0.4) is 0 Å². The van der Waals surface area contributed by atoms with Crippen LogP contribution in [0.5, 0.6) is 11.5 Å². The number of benzene rings is 2. The molecule has 3 aromatic rings. The van der Waals surface area contributed by atoms with Crippen LogP contribution in [0, 0.1) is 0 Å². The number of alkyl halides is 2. The van der Waals surface area contributed by atoms with Gasteiger partial charge in [0.05, 0.1) is 11.9 Å². The number of fused-ring (bicyclic) bond motifs is 2. The first kappa shape index (κ1) is 15.8. The van der Waals surface area contributed by atoms with Crippen molar-refractivity contribution >= 4 is 38.6 Å². The quantitative estimate of drug-likeness (QED) is 0.689. The van der Waals surface area contributed by atoms with Crippen LogP contribution in [0.25, 0.3) is 10.9 Å². The van der Waals surface area contributed by atoms with E-state index in [1.807, 2.05) is 18.2 Å². The van der Waals surface area contributed by atoms with Gasteiger partial charge in [-0.3, -0.25) is 9.89 Å². The fourth-order valence-corrected chi connectivity index (χ4v) is 2.91. The minimum Gasteiger partial charge on any atom is -0.395 e. The van der Waals surface area contributed by atoms with Gasteiger partial charge < -0.3 is 14.8 Å². The molecule has 2 aromatic carbocycles. The molecule has 0 aliphatic carbocycles. The zero-order valence-electron chi connectivity index (χ0n) is 12.5. The van der Waals surface area contributed by atoms with Crippen molar-refractivity contribution in [3.05, 3.63) is 46.4 Å². The monoisotopic (exact) mass is 409 g/mol. The maximum atomic E-state index is 13.0. The molecule has 9 heteroatoms. The summed E-state index contributed by atoms with van der Waals surface area (Å²) in [7, 11) is 0. The predicted molar refractivity (Wildman–Crippen MR) is 88.8 cm³/mol. The van der Waals surface area contributed by atoms with Gasteiger partial charge >= 0.3 is 6.29 Å². The van der Waals surface area contributed by atoms with Gasteiger partial charge in [0, 0.05) is 9.86 Å². The fraction of sp³-hybridized carbons (Fsp3) is 0.125. The van der Waals surface area contributed by atoms with Crippen LogP contribution < -0.4 is 14.8 Å². The van der Waals surface area contributed by atoms with E-state index in [2.05, 4.69) is 40.9 Å². The van der Waals surface area contributed by atoms with Gasteiger partial charge in [0.15, 0.2) is 17.3 Å². The zero-order chi connectivity index (χ0) is 17.6. The smallest absolute Gasteiger partial charge is 0.395 e. The maximum Gasteiger partial charge on any atom is 0.586 e. The number of anilines is 1. The fourth-order valence-electron chi connectivity index (χ4n) is 2.55. The van der Waals surface area contributed by atoms with Gasteiger partial charge in [-0.15, -0.1) is 8.78 Å². The Morgan fingerprint density at radius 1 is 1.20 bits per heavy atom. The highest BCUT2D eigenvalue weighted by atomic mass is 79.9. The summed E-state index contributed by atoms with van der Waals surface area (Å²) in [6.07, 6.45) is -3.70. The summed E-state index contributed by atoms with van der Waals surface area (Å²) in [6, 6.07) is 9.74. The van der Waals surface area contributed by atoms with E-state index in [9.17, 15) is 13.6 Å². The number of carbonyl (C=O) groups is 1. The van der Waals surface area contributed by atoms with E-state index in [1.165, 1.54) is 18.2 Å². The lowest BCUT2D eigenvalue weighted by Gasteiger charge is -2.04.